The summed E-state index contributed by atoms with van der Waals surface area (Å²) >= 11 is 0. The Morgan fingerprint density at radius 2 is 1.76 bits per heavy atom. The van der Waals surface area contributed by atoms with Gasteiger partial charge in [-0.05, 0) is 48.9 Å². The Labute approximate surface area is 200 Å². The smallest absolute Gasteiger partial charge is 0.259 e. The highest BCUT2D eigenvalue weighted by Gasteiger charge is 2.34. The predicted molar refractivity (Wildman–Crippen MR) is 135 cm³/mol. The average molecular weight is 458 g/mol. The Bertz CT molecular complexity index is 1230. The summed E-state index contributed by atoms with van der Waals surface area (Å²) in [5, 5.41) is 4.78. The number of nitrogens with zero attached hydrogens (tertiary/aromatic N) is 2. The van der Waals surface area contributed by atoms with Gasteiger partial charge in [-0.2, -0.15) is 0 Å². The van der Waals surface area contributed by atoms with Gasteiger partial charge in [0, 0.05) is 24.0 Å². The number of carbonyl (C=O) groups is 3. The summed E-state index contributed by atoms with van der Waals surface area (Å²) in [6.07, 6.45) is 1.86. The lowest BCUT2D eigenvalue weighted by molar-refractivity contribution is -0.139. The van der Waals surface area contributed by atoms with Crippen LogP contribution in [0.5, 0.6) is 0 Å². The summed E-state index contributed by atoms with van der Waals surface area (Å²) in [6.45, 7) is 6.56. The average Bonchev–Trinajstić information content (AvgIpc) is 3.11. The lowest BCUT2D eigenvalue weighted by atomic mass is 10.1. The Hall–Kier alpha value is -3.67. The molecule has 6 nitrogen and oxygen atoms in total. The van der Waals surface area contributed by atoms with E-state index in [2.05, 4.69) is 12.2 Å². The molecule has 3 aromatic rings. The normalized spacial score (nSPS) is 13.3. The number of hydrogen-bond donors (Lipinski definition) is 1. The molecule has 176 valence electrons. The zero-order chi connectivity index (χ0) is 24.2. The van der Waals surface area contributed by atoms with E-state index in [9.17, 15) is 14.4 Å². The van der Waals surface area contributed by atoms with Crippen LogP contribution in [0.25, 0.3) is 10.8 Å². The fourth-order valence-corrected chi connectivity index (χ4v) is 4.45. The fraction of sp³-hybridized carbons (Fsp3) is 0.321. The standard InChI is InChI=1S/C28H31N3O3/c1-4-5-16-29-27(33)20(3)30(17-22-11-7-6-10-19(22)2)25(32)18-31-24-15-9-13-21-12-8-14-23(26(21)24)28(31)34/h6-15,20H,4-5,16-18H2,1-3H3,(H,29,33). The molecule has 0 bridgehead atoms. The fourth-order valence-electron chi connectivity index (χ4n) is 4.45. The van der Waals surface area contributed by atoms with Gasteiger partial charge in [0.25, 0.3) is 5.91 Å². The van der Waals surface area contributed by atoms with Gasteiger partial charge in [-0.25, -0.2) is 0 Å². The third-order valence-electron chi connectivity index (χ3n) is 6.54. The highest BCUT2D eigenvalue weighted by Crippen LogP contribution is 2.37. The van der Waals surface area contributed by atoms with Gasteiger partial charge in [0.15, 0.2) is 0 Å². The summed E-state index contributed by atoms with van der Waals surface area (Å²) < 4.78 is 0. The first-order valence-electron chi connectivity index (χ1n) is 11.9. The van der Waals surface area contributed by atoms with Gasteiger partial charge in [0.2, 0.25) is 11.8 Å². The minimum atomic E-state index is -0.667. The van der Waals surface area contributed by atoms with Gasteiger partial charge in [-0.15, -0.1) is 0 Å². The number of benzene rings is 3. The minimum Gasteiger partial charge on any atom is -0.354 e. The number of anilines is 1. The summed E-state index contributed by atoms with van der Waals surface area (Å²) in [6, 6.07) is 18.5. The molecule has 1 unspecified atom stereocenters. The molecule has 0 spiro atoms. The van der Waals surface area contributed by atoms with Gasteiger partial charge in [0.1, 0.15) is 12.6 Å². The van der Waals surface area contributed by atoms with Crippen LogP contribution in [0, 0.1) is 6.92 Å². The minimum absolute atomic E-state index is 0.120. The van der Waals surface area contributed by atoms with Crippen LogP contribution < -0.4 is 10.2 Å². The van der Waals surface area contributed by atoms with Gasteiger partial charge < -0.3 is 10.2 Å². The van der Waals surface area contributed by atoms with Gasteiger partial charge in [-0.3, -0.25) is 19.3 Å². The second-order valence-corrected chi connectivity index (χ2v) is 8.84. The van der Waals surface area contributed by atoms with Crippen molar-refractivity contribution in [2.24, 2.45) is 0 Å². The molecule has 1 aliphatic rings. The highest BCUT2D eigenvalue weighted by molar-refractivity contribution is 6.26. The van der Waals surface area contributed by atoms with Crippen LogP contribution in [-0.4, -0.2) is 41.8 Å². The molecule has 1 aliphatic heterocycles. The second kappa shape index (κ2) is 10.1. The topological polar surface area (TPSA) is 69.7 Å². The molecule has 1 atom stereocenters. The van der Waals surface area contributed by atoms with E-state index < -0.39 is 6.04 Å². The van der Waals surface area contributed by atoms with Crippen LogP contribution in [0.3, 0.4) is 0 Å². The number of aryl methyl sites for hydroxylation is 1. The third kappa shape index (κ3) is 4.53. The van der Waals surface area contributed by atoms with Crippen molar-refractivity contribution in [1.82, 2.24) is 10.2 Å². The predicted octanol–water partition coefficient (Wildman–Crippen LogP) is 4.44. The van der Waals surface area contributed by atoms with Crippen molar-refractivity contribution < 1.29 is 14.4 Å². The molecule has 0 saturated heterocycles. The number of hydrogen-bond acceptors (Lipinski definition) is 3. The van der Waals surface area contributed by atoms with Crippen LogP contribution in [0.2, 0.25) is 0 Å². The molecule has 0 aromatic heterocycles. The molecule has 0 radical (unpaired) electrons. The lowest BCUT2D eigenvalue weighted by Gasteiger charge is -2.31. The van der Waals surface area contributed by atoms with Crippen molar-refractivity contribution >= 4 is 34.2 Å². The van der Waals surface area contributed by atoms with Crippen molar-refractivity contribution in [1.29, 1.82) is 0 Å². The van der Waals surface area contributed by atoms with Crippen LogP contribution in [0.1, 0.15) is 48.2 Å². The van der Waals surface area contributed by atoms with Crippen LogP contribution in [0.4, 0.5) is 5.69 Å². The quantitative estimate of drug-likeness (QED) is 0.483. The first kappa shape index (κ1) is 23.5. The Kier molecular flexibility index (Phi) is 6.96. The van der Waals surface area contributed by atoms with Crippen LogP contribution in [-0.2, 0) is 16.1 Å². The molecule has 0 aliphatic carbocycles. The maximum absolute atomic E-state index is 13.7. The highest BCUT2D eigenvalue weighted by atomic mass is 16.2. The Balaban J connectivity index is 1.60. The number of nitrogens with one attached hydrogen (secondary N) is 1. The lowest BCUT2D eigenvalue weighted by Crippen LogP contribution is -2.51. The maximum atomic E-state index is 13.7. The Morgan fingerprint density at radius 1 is 1.03 bits per heavy atom. The number of carbonyl (C=O) groups excluding carboxylic acids is 3. The van der Waals surface area contributed by atoms with E-state index in [-0.39, 0.29) is 24.3 Å². The van der Waals surface area contributed by atoms with Gasteiger partial charge >= 0.3 is 0 Å². The molecule has 0 saturated carbocycles. The van der Waals surface area contributed by atoms with E-state index in [1.807, 2.05) is 61.5 Å². The molecule has 1 heterocycles. The number of amides is 3. The van der Waals surface area contributed by atoms with E-state index in [4.69, 9.17) is 0 Å². The summed E-state index contributed by atoms with van der Waals surface area (Å²) in [5.41, 5.74) is 3.37. The SMILES string of the molecule is CCCCNC(=O)C(C)N(Cc1ccccc1C)C(=O)CN1C(=O)c2cccc3cccc1c23. The van der Waals surface area contributed by atoms with E-state index in [1.54, 1.807) is 17.9 Å². The van der Waals surface area contributed by atoms with Crippen LogP contribution in [0.15, 0.2) is 60.7 Å². The maximum Gasteiger partial charge on any atom is 0.259 e. The van der Waals surface area contributed by atoms with Crippen LogP contribution >= 0.6 is 0 Å². The monoisotopic (exact) mass is 457 g/mol. The number of rotatable bonds is 9. The molecule has 34 heavy (non-hydrogen) atoms. The van der Waals surface area contributed by atoms with Gasteiger partial charge in [0.05, 0.1) is 5.69 Å². The molecule has 1 N–H and O–H groups in total. The molecule has 3 aromatic carbocycles. The van der Waals surface area contributed by atoms with Crippen molar-refractivity contribution in [3.63, 3.8) is 0 Å². The number of unbranched alkanes of at least 4 members (excludes halogenated alkanes) is 1. The molecular weight excluding hydrogens is 426 g/mol. The molecule has 4 rings (SSSR count). The molecular formula is C28H31N3O3. The van der Waals surface area contributed by atoms with Crippen molar-refractivity contribution in [3.05, 3.63) is 77.4 Å². The largest absolute Gasteiger partial charge is 0.354 e. The zero-order valence-electron chi connectivity index (χ0n) is 20.0. The van der Waals surface area contributed by atoms with Gasteiger partial charge in [-0.1, -0.05) is 61.9 Å². The third-order valence-corrected chi connectivity index (χ3v) is 6.54. The molecule has 0 fully saturated rings. The first-order valence-corrected chi connectivity index (χ1v) is 11.9. The summed E-state index contributed by atoms with van der Waals surface area (Å²) in [5.74, 6) is -0.635. The van der Waals surface area contributed by atoms with Crippen molar-refractivity contribution in [2.45, 2.75) is 46.2 Å². The van der Waals surface area contributed by atoms with Crippen molar-refractivity contribution in [3.8, 4) is 0 Å². The molecule has 3 amide bonds. The Morgan fingerprint density at radius 3 is 2.50 bits per heavy atom. The van der Waals surface area contributed by atoms with E-state index in [0.717, 1.165) is 40.4 Å². The summed E-state index contributed by atoms with van der Waals surface area (Å²) in [7, 11) is 0. The summed E-state index contributed by atoms with van der Waals surface area (Å²) in [4.78, 5) is 42.9. The van der Waals surface area contributed by atoms with E-state index in [0.29, 0.717) is 18.7 Å². The second-order valence-electron chi connectivity index (χ2n) is 8.84. The zero-order valence-corrected chi connectivity index (χ0v) is 20.0. The van der Waals surface area contributed by atoms with Crippen molar-refractivity contribution in [2.75, 3.05) is 18.0 Å². The van der Waals surface area contributed by atoms with E-state index >= 15 is 0 Å². The molecule has 6 heteroatoms. The van der Waals surface area contributed by atoms with E-state index in [1.165, 1.54) is 4.90 Å². The first-order chi connectivity index (χ1) is 16.4.